The van der Waals surface area contributed by atoms with Crippen LogP contribution >= 0.6 is 0 Å². The number of amides is 1. The number of aromatic amines is 1. The fourth-order valence-corrected chi connectivity index (χ4v) is 2.15. The van der Waals surface area contributed by atoms with Gasteiger partial charge in [0.2, 0.25) is 0 Å². The highest BCUT2D eigenvalue weighted by Crippen LogP contribution is 2.17. The predicted molar refractivity (Wildman–Crippen MR) is 97.5 cm³/mol. The molecule has 2 N–H and O–H groups in total. The number of carbonyl (C=O) groups excluding carboxylic acids is 2. The third-order valence-electron chi connectivity index (χ3n) is 3.54. The summed E-state index contributed by atoms with van der Waals surface area (Å²) in [5.41, 5.74) is 0.161. The van der Waals surface area contributed by atoms with Gasteiger partial charge in [-0.1, -0.05) is 18.2 Å². The molecule has 0 saturated heterocycles. The number of likely N-dealkylation sites (N-methyl/N-ethyl adjacent to an activating group) is 1. The van der Waals surface area contributed by atoms with Crippen LogP contribution in [0, 0.1) is 6.92 Å². The number of aryl methyl sites for hydroxylation is 1. The van der Waals surface area contributed by atoms with Crippen molar-refractivity contribution in [2.75, 3.05) is 20.7 Å². The van der Waals surface area contributed by atoms with Crippen molar-refractivity contribution in [3.8, 4) is 11.5 Å². The third kappa shape index (κ3) is 4.83. The number of hydrogen-bond donors (Lipinski definition) is 2. The minimum atomic E-state index is -0.642. The van der Waals surface area contributed by atoms with Gasteiger partial charge in [-0.15, -0.1) is 0 Å². The molecule has 1 amide bonds. The Labute approximate surface area is 150 Å². The number of ether oxygens (including phenoxy) is 1. The van der Waals surface area contributed by atoms with Crippen LogP contribution in [0.15, 0.2) is 41.2 Å². The number of aromatic hydroxyl groups is 1. The summed E-state index contributed by atoms with van der Waals surface area (Å²) < 4.78 is 5.41. The lowest BCUT2D eigenvalue weighted by molar-refractivity contribution is -0.130. The number of nitrogens with one attached hydrogen (secondary N) is 1. The second-order valence-corrected chi connectivity index (χ2v) is 5.89. The lowest BCUT2D eigenvalue weighted by Gasteiger charge is -2.11. The minimum absolute atomic E-state index is 0.0916. The first-order chi connectivity index (χ1) is 12.3. The number of allylic oxidation sites excluding steroid dienone is 1. The summed E-state index contributed by atoms with van der Waals surface area (Å²) in [6.07, 6.45) is 2.70. The van der Waals surface area contributed by atoms with E-state index in [1.807, 2.05) is 0 Å². The van der Waals surface area contributed by atoms with Gasteiger partial charge in [-0.25, -0.2) is 0 Å². The van der Waals surface area contributed by atoms with Crippen LogP contribution in [-0.4, -0.2) is 47.4 Å². The topological polar surface area (TPSA) is 99.7 Å². The number of carbonyl (C=O) groups is 2. The Bertz CT molecular complexity index is 912. The molecule has 7 heteroatoms. The highest BCUT2D eigenvalue weighted by molar-refractivity contribution is 6.08. The Kier molecular flexibility index (Phi) is 5.95. The summed E-state index contributed by atoms with van der Waals surface area (Å²) in [5.74, 6) is -0.668. The molecule has 0 unspecified atom stereocenters. The van der Waals surface area contributed by atoms with Crippen molar-refractivity contribution in [3.63, 3.8) is 0 Å². The molecule has 2 aromatic rings. The minimum Gasteiger partial charge on any atom is -0.507 e. The van der Waals surface area contributed by atoms with Crippen molar-refractivity contribution >= 4 is 17.8 Å². The van der Waals surface area contributed by atoms with Gasteiger partial charge in [0.1, 0.15) is 17.1 Å². The van der Waals surface area contributed by atoms with Crippen molar-refractivity contribution in [3.05, 3.63) is 63.6 Å². The molecule has 0 bridgehead atoms. The van der Waals surface area contributed by atoms with Crippen molar-refractivity contribution < 1.29 is 19.4 Å². The van der Waals surface area contributed by atoms with Crippen molar-refractivity contribution in [1.29, 1.82) is 0 Å². The van der Waals surface area contributed by atoms with Crippen LogP contribution in [0.1, 0.15) is 21.6 Å². The smallest absolute Gasteiger partial charge is 0.263 e. The van der Waals surface area contributed by atoms with E-state index in [9.17, 15) is 19.5 Å². The molecule has 0 atom stereocenters. The number of rotatable bonds is 6. The summed E-state index contributed by atoms with van der Waals surface area (Å²) in [7, 11) is 3.28. The Morgan fingerprint density at radius 3 is 2.65 bits per heavy atom. The standard InChI is InChI=1S/C19H20N2O5/c1-12-9-16(23)18(19(25)20-12)15(22)8-7-13-5-4-6-14(10-13)26-11-17(24)21(2)3/h4-10H,11H2,1-3H3,(H2,20,23,25). The zero-order valence-electron chi connectivity index (χ0n) is 14.8. The summed E-state index contributed by atoms with van der Waals surface area (Å²) in [6.45, 7) is 1.52. The van der Waals surface area contributed by atoms with Crippen LogP contribution < -0.4 is 10.3 Å². The lowest BCUT2D eigenvalue weighted by Crippen LogP contribution is -2.27. The van der Waals surface area contributed by atoms with Gasteiger partial charge in [-0.2, -0.15) is 0 Å². The van der Waals surface area contributed by atoms with Gasteiger partial charge in [-0.3, -0.25) is 14.4 Å². The maximum Gasteiger partial charge on any atom is 0.263 e. The van der Waals surface area contributed by atoms with Gasteiger partial charge < -0.3 is 19.7 Å². The molecule has 0 radical (unpaired) electrons. The van der Waals surface area contributed by atoms with Crippen LogP contribution in [0.5, 0.6) is 11.5 Å². The number of aromatic nitrogens is 1. The largest absolute Gasteiger partial charge is 0.507 e. The summed E-state index contributed by atoms with van der Waals surface area (Å²) in [4.78, 5) is 39.5. The zero-order valence-corrected chi connectivity index (χ0v) is 14.8. The number of H-pyrrole nitrogens is 1. The van der Waals surface area contributed by atoms with E-state index in [0.717, 1.165) is 0 Å². The molecule has 1 aromatic heterocycles. The monoisotopic (exact) mass is 356 g/mol. The van der Waals surface area contributed by atoms with E-state index < -0.39 is 11.3 Å². The molecule has 0 fully saturated rings. The Hall–Kier alpha value is -3.35. The highest BCUT2D eigenvalue weighted by Gasteiger charge is 2.14. The van der Waals surface area contributed by atoms with Gasteiger partial charge in [0.15, 0.2) is 12.4 Å². The first kappa shape index (κ1) is 19.0. The first-order valence-corrected chi connectivity index (χ1v) is 7.86. The van der Waals surface area contributed by atoms with E-state index in [-0.39, 0.29) is 23.8 Å². The second kappa shape index (κ2) is 8.15. The second-order valence-electron chi connectivity index (χ2n) is 5.89. The summed E-state index contributed by atoms with van der Waals surface area (Å²) in [5, 5.41) is 9.82. The first-order valence-electron chi connectivity index (χ1n) is 7.86. The molecule has 0 aliphatic carbocycles. The molecule has 7 nitrogen and oxygen atoms in total. The number of pyridine rings is 1. The van der Waals surface area contributed by atoms with Gasteiger partial charge >= 0.3 is 0 Å². The zero-order chi connectivity index (χ0) is 19.3. The van der Waals surface area contributed by atoms with Crippen LogP contribution in [0.2, 0.25) is 0 Å². The van der Waals surface area contributed by atoms with Crippen molar-refractivity contribution in [2.45, 2.75) is 6.92 Å². The molecule has 2 rings (SSSR count). The molecule has 1 heterocycles. The molecule has 0 spiro atoms. The van der Waals surface area contributed by atoms with E-state index in [1.165, 1.54) is 23.1 Å². The van der Waals surface area contributed by atoms with Gasteiger partial charge in [0, 0.05) is 19.8 Å². The average molecular weight is 356 g/mol. The predicted octanol–water partition coefficient (Wildman–Crippen LogP) is 1.75. The SMILES string of the molecule is Cc1cc(O)c(C(=O)C=Cc2cccc(OCC(=O)N(C)C)c2)c(=O)[nH]1. The molecular formula is C19H20N2O5. The Morgan fingerprint density at radius 2 is 2.00 bits per heavy atom. The fourth-order valence-electron chi connectivity index (χ4n) is 2.15. The van der Waals surface area contributed by atoms with Gasteiger partial charge in [0.05, 0.1) is 0 Å². The van der Waals surface area contributed by atoms with Crippen LogP contribution in [0.3, 0.4) is 0 Å². The summed E-state index contributed by atoms with van der Waals surface area (Å²) in [6, 6.07) is 8.13. The molecule has 0 saturated carbocycles. The van der Waals surface area contributed by atoms with E-state index >= 15 is 0 Å². The number of nitrogens with zero attached hydrogens (tertiary/aromatic N) is 1. The third-order valence-corrected chi connectivity index (χ3v) is 3.54. The molecule has 0 aliphatic heterocycles. The van der Waals surface area contributed by atoms with E-state index in [1.54, 1.807) is 45.3 Å². The van der Waals surface area contributed by atoms with E-state index in [0.29, 0.717) is 17.0 Å². The summed E-state index contributed by atoms with van der Waals surface area (Å²) >= 11 is 0. The van der Waals surface area contributed by atoms with E-state index in [4.69, 9.17) is 4.74 Å². The number of ketones is 1. The fraction of sp³-hybridized carbons (Fsp3) is 0.211. The van der Waals surface area contributed by atoms with Crippen LogP contribution in [-0.2, 0) is 4.79 Å². The highest BCUT2D eigenvalue weighted by atomic mass is 16.5. The number of benzene rings is 1. The van der Waals surface area contributed by atoms with Crippen molar-refractivity contribution in [2.24, 2.45) is 0 Å². The van der Waals surface area contributed by atoms with Crippen LogP contribution in [0.25, 0.3) is 6.08 Å². The van der Waals surface area contributed by atoms with Gasteiger partial charge in [0.25, 0.3) is 11.5 Å². The maximum absolute atomic E-state index is 12.2. The normalized spacial score (nSPS) is 10.7. The quantitative estimate of drug-likeness (QED) is 0.607. The lowest BCUT2D eigenvalue weighted by atomic mass is 10.1. The number of hydrogen-bond acceptors (Lipinski definition) is 5. The molecule has 0 aliphatic rings. The van der Waals surface area contributed by atoms with E-state index in [2.05, 4.69) is 4.98 Å². The molecule has 1 aromatic carbocycles. The average Bonchev–Trinajstić information content (AvgIpc) is 2.57. The maximum atomic E-state index is 12.2. The van der Waals surface area contributed by atoms with Crippen LogP contribution in [0.4, 0.5) is 0 Å². The molecular weight excluding hydrogens is 336 g/mol. The van der Waals surface area contributed by atoms with Gasteiger partial charge in [-0.05, 0) is 36.8 Å². The Morgan fingerprint density at radius 1 is 1.27 bits per heavy atom. The van der Waals surface area contributed by atoms with Crippen molar-refractivity contribution in [1.82, 2.24) is 9.88 Å². The molecule has 136 valence electrons. The molecule has 26 heavy (non-hydrogen) atoms. The Balaban J connectivity index is 2.13.